The van der Waals surface area contributed by atoms with Gasteiger partial charge in [-0.3, -0.25) is 0 Å². The molecule has 0 saturated carbocycles. The zero-order valence-corrected chi connectivity index (χ0v) is 9.43. The van der Waals surface area contributed by atoms with Crippen molar-refractivity contribution in [3.63, 3.8) is 0 Å². The number of carbonyl (C=O) groups is 1. The molecular formula is C8H11F6NO3. The highest BCUT2D eigenvalue weighted by atomic mass is 19.4. The summed E-state index contributed by atoms with van der Waals surface area (Å²) in [5, 5.41) is 0. The summed E-state index contributed by atoms with van der Waals surface area (Å²) >= 11 is 0. The maximum atomic E-state index is 12.1. The zero-order valence-electron chi connectivity index (χ0n) is 9.43. The molecule has 0 rings (SSSR count). The predicted molar refractivity (Wildman–Crippen MR) is 46.9 cm³/mol. The fraction of sp³-hybridized carbons (Fsp3) is 0.875. The third-order valence-electron chi connectivity index (χ3n) is 1.76. The van der Waals surface area contributed by atoms with E-state index >= 15 is 0 Å². The molecule has 0 heterocycles. The second-order valence-corrected chi connectivity index (χ2v) is 3.26. The summed E-state index contributed by atoms with van der Waals surface area (Å²) in [4.78, 5) is 11.6. The van der Waals surface area contributed by atoms with Gasteiger partial charge in [-0.1, -0.05) is 0 Å². The molecule has 0 atom stereocenters. The summed E-state index contributed by atoms with van der Waals surface area (Å²) in [6, 6.07) is 0. The van der Waals surface area contributed by atoms with Crippen LogP contribution in [0.1, 0.15) is 0 Å². The normalized spacial score (nSPS) is 12.7. The molecule has 18 heavy (non-hydrogen) atoms. The molecule has 0 bridgehead atoms. The Morgan fingerprint density at radius 3 is 1.94 bits per heavy atom. The molecule has 0 aliphatic rings. The first-order valence-electron chi connectivity index (χ1n) is 4.54. The molecule has 108 valence electrons. The first-order valence-corrected chi connectivity index (χ1v) is 4.54. The lowest BCUT2D eigenvalue weighted by molar-refractivity contribution is -0.308. The first-order chi connectivity index (χ1) is 8.00. The Kier molecular flexibility index (Phi) is 5.71. The van der Waals surface area contributed by atoms with Crippen LogP contribution in [0.25, 0.3) is 0 Å². The van der Waals surface area contributed by atoms with Gasteiger partial charge in [-0.05, 0) is 0 Å². The van der Waals surface area contributed by atoms with Crippen molar-refractivity contribution < 1.29 is 40.6 Å². The van der Waals surface area contributed by atoms with Crippen molar-refractivity contribution in [2.45, 2.75) is 18.5 Å². The van der Waals surface area contributed by atoms with Crippen molar-refractivity contribution in [3.8, 4) is 0 Å². The summed E-state index contributed by atoms with van der Waals surface area (Å²) in [6.45, 7) is -0.244. The number of methoxy groups -OCH3 is 1. The number of alkyl halides is 6. The maximum Gasteiger partial charge on any atom is 0.434 e. The summed E-state index contributed by atoms with van der Waals surface area (Å²) < 4.78 is 80.2. The molecule has 0 aliphatic carbocycles. The average molecular weight is 283 g/mol. The average Bonchev–Trinajstić information content (AvgIpc) is 2.18. The predicted octanol–water partition coefficient (Wildman–Crippen LogP) is 2.19. The lowest BCUT2D eigenvalue weighted by Gasteiger charge is -2.25. The molecular weight excluding hydrogens is 272 g/mol. The van der Waals surface area contributed by atoms with E-state index in [-0.39, 0.29) is 13.2 Å². The number of rotatable bonds is 4. The number of halogens is 6. The van der Waals surface area contributed by atoms with E-state index in [0.717, 1.165) is 7.05 Å². The second-order valence-electron chi connectivity index (χ2n) is 3.26. The van der Waals surface area contributed by atoms with Gasteiger partial charge < -0.3 is 14.4 Å². The molecule has 4 nitrogen and oxygen atoms in total. The number of nitrogens with zero attached hydrogens (tertiary/aromatic N) is 1. The summed E-state index contributed by atoms with van der Waals surface area (Å²) in [7, 11) is 2.25. The molecule has 0 unspecified atom stereocenters. The van der Waals surface area contributed by atoms with Gasteiger partial charge in [0.2, 0.25) is 0 Å². The van der Waals surface area contributed by atoms with Crippen LogP contribution in [0, 0.1) is 0 Å². The van der Waals surface area contributed by atoms with Crippen molar-refractivity contribution in [2.24, 2.45) is 0 Å². The number of likely N-dealkylation sites (N-methyl/N-ethyl adjacent to an activating group) is 1. The molecule has 0 N–H and O–H groups in total. The Morgan fingerprint density at radius 1 is 1.17 bits per heavy atom. The molecule has 0 spiro atoms. The Balaban J connectivity index is 4.66. The molecule has 1 amide bonds. The summed E-state index contributed by atoms with van der Waals surface area (Å²) in [5.41, 5.74) is 0. The standard InChI is InChI=1S/C8H11F6NO3/c1-15(3-4-17-2)6(16)18-5(7(9,10)11)8(12,13)14/h5H,3-4H2,1-2H3. The van der Waals surface area contributed by atoms with Gasteiger partial charge >= 0.3 is 18.4 Å². The monoisotopic (exact) mass is 283 g/mol. The van der Waals surface area contributed by atoms with Gasteiger partial charge in [-0.15, -0.1) is 0 Å². The lowest BCUT2D eigenvalue weighted by atomic mass is 10.3. The molecule has 0 radical (unpaired) electrons. The Hall–Kier alpha value is -1.19. The van der Waals surface area contributed by atoms with E-state index < -0.39 is 24.5 Å². The van der Waals surface area contributed by atoms with E-state index in [4.69, 9.17) is 0 Å². The molecule has 0 aromatic rings. The third-order valence-corrected chi connectivity index (χ3v) is 1.76. The van der Waals surface area contributed by atoms with E-state index in [1.165, 1.54) is 7.11 Å². The van der Waals surface area contributed by atoms with E-state index in [9.17, 15) is 31.1 Å². The van der Waals surface area contributed by atoms with Crippen molar-refractivity contribution in [2.75, 3.05) is 27.3 Å². The van der Waals surface area contributed by atoms with Crippen molar-refractivity contribution in [3.05, 3.63) is 0 Å². The number of hydrogen-bond donors (Lipinski definition) is 0. The van der Waals surface area contributed by atoms with E-state index in [0.29, 0.717) is 4.90 Å². The van der Waals surface area contributed by atoms with Crippen LogP contribution in [-0.4, -0.2) is 56.8 Å². The Bertz CT molecular complexity index is 263. The van der Waals surface area contributed by atoms with E-state index in [2.05, 4.69) is 9.47 Å². The highest BCUT2D eigenvalue weighted by Crippen LogP contribution is 2.35. The van der Waals surface area contributed by atoms with Crippen molar-refractivity contribution >= 4 is 6.09 Å². The molecule has 0 saturated heterocycles. The SMILES string of the molecule is COCCN(C)C(=O)OC(C(F)(F)F)C(F)(F)F. The first kappa shape index (κ1) is 16.8. The van der Waals surface area contributed by atoms with Crippen LogP contribution in [-0.2, 0) is 9.47 Å². The minimum Gasteiger partial charge on any atom is -0.426 e. The smallest absolute Gasteiger partial charge is 0.426 e. The number of ether oxygens (including phenoxy) is 2. The second kappa shape index (κ2) is 6.12. The Labute approximate surface area is 98.4 Å². The largest absolute Gasteiger partial charge is 0.434 e. The van der Waals surface area contributed by atoms with Crippen LogP contribution >= 0.6 is 0 Å². The lowest BCUT2D eigenvalue weighted by Crippen LogP contribution is -2.47. The van der Waals surface area contributed by atoms with Crippen LogP contribution in [0.3, 0.4) is 0 Å². The van der Waals surface area contributed by atoms with E-state index in [1.807, 2.05) is 0 Å². The molecule has 0 aromatic heterocycles. The fourth-order valence-electron chi connectivity index (χ4n) is 0.830. The van der Waals surface area contributed by atoms with Gasteiger partial charge in [0.15, 0.2) is 0 Å². The topological polar surface area (TPSA) is 38.8 Å². The molecule has 0 aliphatic heterocycles. The quantitative estimate of drug-likeness (QED) is 0.742. The molecule has 0 aromatic carbocycles. The molecule has 10 heteroatoms. The summed E-state index contributed by atoms with van der Waals surface area (Å²) in [6.07, 6.45) is -17.3. The van der Waals surface area contributed by atoms with E-state index in [1.54, 1.807) is 0 Å². The number of hydrogen-bond acceptors (Lipinski definition) is 3. The van der Waals surface area contributed by atoms with Crippen LogP contribution in [0.4, 0.5) is 31.1 Å². The number of carbonyl (C=O) groups excluding carboxylic acids is 1. The van der Waals surface area contributed by atoms with Gasteiger partial charge in [-0.25, -0.2) is 4.79 Å². The van der Waals surface area contributed by atoms with Crippen LogP contribution in [0.5, 0.6) is 0 Å². The van der Waals surface area contributed by atoms with Gasteiger partial charge in [0, 0.05) is 20.7 Å². The van der Waals surface area contributed by atoms with Gasteiger partial charge in [-0.2, -0.15) is 26.3 Å². The molecule has 0 fully saturated rings. The van der Waals surface area contributed by atoms with Crippen molar-refractivity contribution in [1.82, 2.24) is 4.90 Å². The van der Waals surface area contributed by atoms with Crippen LogP contribution in [0.2, 0.25) is 0 Å². The van der Waals surface area contributed by atoms with Gasteiger partial charge in [0.1, 0.15) is 0 Å². The van der Waals surface area contributed by atoms with Gasteiger partial charge in [0.25, 0.3) is 6.10 Å². The highest BCUT2D eigenvalue weighted by molar-refractivity contribution is 5.67. The zero-order chi connectivity index (χ0) is 14.6. The van der Waals surface area contributed by atoms with Gasteiger partial charge in [0.05, 0.1) is 6.61 Å². The number of amides is 1. The van der Waals surface area contributed by atoms with Crippen molar-refractivity contribution in [1.29, 1.82) is 0 Å². The fourth-order valence-corrected chi connectivity index (χ4v) is 0.830. The minimum absolute atomic E-state index is 0.0473. The third kappa shape index (κ3) is 5.43. The van der Waals surface area contributed by atoms with Crippen LogP contribution < -0.4 is 0 Å². The Morgan fingerprint density at radius 2 is 1.61 bits per heavy atom. The summed E-state index contributed by atoms with van der Waals surface area (Å²) in [5.74, 6) is 0. The minimum atomic E-state index is -5.71. The van der Waals surface area contributed by atoms with Crippen LogP contribution in [0.15, 0.2) is 0 Å². The maximum absolute atomic E-state index is 12.1. The highest BCUT2D eigenvalue weighted by Gasteiger charge is 2.60.